The number of fused-ring (bicyclic) bond motifs is 1. The number of rotatable bonds is 4. The van der Waals surface area contributed by atoms with Gasteiger partial charge in [0.2, 0.25) is 0 Å². The molecule has 8 nitrogen and oxygen atoms in total. The van der Waals surface area contributed by atoms with Gasteiger partial charge in [-0.1, -0.05) is 6.08 Å². The number of pyridine rings is 1. The number of aliphatic carboxylic acids is 1. The number of aromatic hydroxyl groups is 1. The quantitative estimate of drug-likeness (QED) is 0.743. The first-order valence-corrected chi connectivity index (χ1v) is 8.34. The number of nitrogens with zero attached hydrogens (tertiary/aromatic N) is 1. The van der Waals surface area contributed by atoms with E-state index in [2.05, 4.69) is 5.32 Å². The third-order valence-corrected chi connectivity index (χ3v) is 5.16. The van der Waals surface area contributed by atoms with Crippen LogP contribution in [0, 0.1) is 0 Å². The molecule has 3 rings (SSSR count). The van der Waals surface area contributed by atoms with Crippen molar-refractivity contribution in [3.05, 3.63) is 32.9 Å². The van der Waals surface area contributed by atoms with Gasteiger partial charge >= 0.3 is 5.97 Å². The van der Waals surface area contributed by atoms with E-state index in [0.717, 1.165) is 16.9 Å². The number of carboxylic acids is 1. The van der Waals surface area contributed by atoms with Crippen LogP contribution in [0.5, 0.6) is 5.75 Å². The van der Waals surface area contributed by atoms with Gasteiger partial charge < -0.3 is 24.8 Å². The molecule has 1 aliphatic rings. The second-order valence-corrected chi connectivity index (χ2v) is 6.60. The molecule has 0 saturated heterocycles. The monoisotopic (exact) mass is 364 g/mol. The second kappa shape index (κ2) is 6.69. The van der Waals surface area contributed by atoms with Gasteiger partial charge in [0.1, 0.15) is 12.1 Å². The van der Waals surface area contributed by atoms with Gasteiger partial charge in [0.15, 0.2) is 5.75 Å². The smallest absolute Gasteiger partial charge is 0.322 e. The number of thiophene rings is 1. The van der Waals surface area contributed by atoms with Crippen LogP contribution in [0.4, 0.5) is 0 Å². The Balaban J connectivity index is 2.11. The highest BCUT2D eigenvalue weighted by Gasteiger charge is 2.24. The number of aryl methyl sites for hydroxylation is 1. The van der Waals surface area contributed by atoms with Crippen molar-refractivity contribution in [2.45, 2.75) is 6.42 Å². The lowest BCUT2D eigenvalue weighted by Gasteiger charge is -2.11. The lowest BCUT2D eigenvalue weighted by molar-refractivity contribution is -0.135. The van der Waals surface area contributed by atoms with Crippen molar-refractivity contribution in [3.63, 3.8) is 0 Å². The van der Waals surface area contributed by atoms with E-state index in [9.17, 15) is 19.5 Å². The summed E-state index contributed by atoms with van der Waals surface area (Å²) >= 11 is 1.28. The molecule has 0 saturated carbocycles. The average molecular weight is 364 g/mol. The minimum Gasteiger partial charge on any atom is -0.505 e. The Labute approximate surface area is 146 Å². The Morgan fingerprint density at radius 2 is 2.20 bits per heavy atom. The highest BCUT2D eigenvalue weighted by molar-refractivity contribution is 7.20. The lowest BCUT2D eigenvalue weighted by atomic mass is 10.1. The summed E-state index contributed by atoms with van der Waals surface area (Å²) in [5.41, 5.74) is 0.449. The molecule has 3 N–H and O–H groups in total. The molecule has 0 unspecified atom stereocenters. The molecule has 0 bridgehead atoms. The molecule has 25 heavy (non-hydrogen) atoms. The molecule has 1 aliphatic heterocycles. The minimum atomic E-state index is -1.24. The fraction of sp³-hybridized carbons (Fsp3) is 0.312. The number of carbonyl (C=O) groups excluding carboxylic acids is 1. The third-order valence-electron chi connectivity index (χ3n) is 3.95. The molecule has 1 amide bonds. The van der Waals surface area contributed by atoms with Gasteiger partial charge in [0.05, 0.1) is 23.4 Å². The minimum absolute atomic E-state index is 0.407. The van der Waals surface area contributed by atoms with Crippen LogP contribution in [0.2, 0.25) is 0 Å². The van der Waals surface area contributed by atoms with Gasteiger partial charge in [0.25, 0.3) is 11.5 Å². The summed E-state index contributed by atoms with van der Waals surface area (Å²) in [7, 11) is 1.51. The summed E-state index contributed by atoms with van der Waals surface area (Å²) in [5, 5.41) is 21.2. The first-order valence-electron chi connectivity index (χ1n) is 7.52. The van der Waals surface area contributed by atoms with Gasteiger partial charge in [-0.05, 0) is 18.1 Å². The molecule has 0 atom stereocenters. The molecule has 0 radical (unpaired) electrons. The number of amides is 1. The normalized spacial score (nSPS) is 14.4. The number of hydrogen-bond donors (Lipinski definition) is 3. The van der Waals surface area contributed by atoms with E-state index in [1.807, 2.05) is 6.08 Å². The Bertz CT molecular complexity index is 956. The van der Waals surface area contributed by atoms with Crippen molar-refractivity contribution in [2.75, 3.05) is 19.8 Å². The highest BCUT2D eigenvalue weighted by Crippen LogP contribution is 2.37. The fourth-order valence-corrected chi connectivity index (χ4v) is 3.86. The Morgan fingerprint density at radius 3 is 2.84 bits per heavy atom. The molecule has 0 aromatic carbocycles. The van der Waals surface area contributed by atoms with Gasteiger partial charge in [-0.25, -0.2) is 0 Å². The van der Waals surface area contributed by atoms with Crippen molar-refractivity contribution in [1.29, 1.82) is 0 Å². The van der Waals surface area contributed by atoms with E-state index < -0.39 is 35.3 Å². The SMILES string of the molecule is Cn1c(=O)c(C(=O)NCC(=O)O)c(O)c2sc(C3=CCOCC3)cc21. The van der Waals surface area contributed by atoms with E-state index in [1.165, 1.54) is 23.0 Å². The fourth-order valence-electron chi connectivity index (χ4n) is 2.65. The summed E-state index contributed by atoms with van der Waals surface area (Å²) in [4.78, 5) is 36.0. The van der Waals surface area contributed by atoms with Crippen LogP contribution in [0.15, 0.2) is 16.9 Å². The summed E-state index contributed by atoms with van der Waals surface area (Å²) in [6.45, 7) is 0.479. The predicted molar refractivity (Wildman–Crippen MR) is 92.1 cm³/mol. The Kier molecular flexibility index (Phi) is 4.60. The highest BCUT2D eigenvalue weighted by atomic mass is 32.1. The number of nitrogens with one attached hydrogen (secondary N) is 1. The van der Waals surface area contributed by atoms with Gasteiger partial charge in [0, 0.05) is 11.9 Å². The molecule has 0 spiro atoms. The lowest BCUT2D eigenvalue weighted by Crippen LogP contribution is -2.35. The molecule has 2 aromatic rings. The Hall–Kier alpha value is -2.65. The zero-order valence-corrected chi connectivity index (χ0v) is 14.2. The van der Waals surface area contributed by atoms with Gasteiger partial charge in [-0.3, -0.25) is 14.4 Å². The molecule has 2 aromatic heterocycles. The van der Waals surface area contributed by atoms with Crippen LogP contribution >= 0.6 is 11.3 Å². The molecule has 3 heterocycles. The molecule has 132 valence electrons. The Morgan fingerprint density at radius 1 is 1.44 bits per heavy atom. The van der Waals surface area contributed by atoms with E-state index >= 15 is 0 Å². The number of hydrogen-bond acceptors (Lipinski definition) is 6. The largest absolute Gasteiger partial charge is 0.505 e. The van der Waals surface area contributed by atoms with Crippen LogP contribution in [0.1, 0.15) is 21.7 Å². The van der Waals surface area contributed by atoms with Crippen LogP contribution in [-0.4, -0.2) is 46.4 Å². The number of carboxylic acid groups (broad SMARTS) is 1. The maximum absolute atomic E-state index is 12.4. The van der Waals surface area contributed by atoms with E-state index in [0.29, 0.717) is 23.4 Å². The van der Waals surface area contributed by atoms with Crippen LogP contribution in [-0.2, 0) is 16.6 Å². The molecular weight excluding hydrogens is 348 g/mol. The zero-order chi connectivity index (χ0) is 18.1. The maximum atomic E-state index is 12.4. The summed E-state index contributed by atoms with van der Waals surface area (Å²) in [5.74, 6) is -2.58. The van der Waals surface area contributed by atoms with Crippen molar-refractivity contribution in [3.8, 4) is 5.75 Å². The van der Waals surface area contributed by atoms with Crippen molar-refractivity contribution in [1.82, 2.24) is 9.88 Å². The summed E-state index contributed by atoms with van der Waals surface area (Å²) in [6.07, 6.45) is 2.68. The molecule has 0 aliphatic carbocycles. The summed E-state index contributed by atoms with van der Waals surface area (Å²) in [6, 6.07) is 1.80. The van der Waals surface area contributed by atoms with E-state index in [1.54, 1.807) is 6.07 Å². The standard InChI is InChI=1S/C16H16N2O6S/c1-18-9-6-10(8-2-4-24-5-3-8)25-14(9)13(21)12(16(18)23)15(22)17-7-11(19)20/h2,6,21H,3-5,7H2,1H3,(H,17,22)(H,19,20). The maximum Gasteiger partial charge on any atom is 0.322 e. The molecule has 9 heteroatoms. The van der Waals surface area contributed by atoms with E-state index in [4.69, 9.17) is 9.84 Å². The first-order chi connectivity index (χ1) is 11.9. The first kappa shape index (κ1) is 17.2. The van der Waals surface area contributed by atoms with Gasteiger partial charge in [-0.2, -0.15) is 0 Å². The number of ether oxygens (including phenoxy) is 1. The van der Waals surface area contributed by atoms with Crippen LogP contribution in [0.25, 0.3) is 15.8 Å². The molecular formula is C16H16N2O6S. The van der Waals surface area contributed by atoms with Crippen molar-refractivity contribution < 1.29 is 24.5 Å². The van der Waals surface area contributed by atoms with Gasteiger partial charge in [-0.15, -0.1) is 11.3 Å². The van der Waals surface area contributed by atoms with E-state index in [-0.39, 0.29) is 0 Å². The topological polar surface area (TPSA) is 118 Å². The predicted octanol–water partition coefficient (Wildman–Crippen LogP) is 0.924. The number of aromatic nitrogens is 1. The molecule has 0 fully saturated rings. The van der Waals surface area contributed by atoms with Crippen molar-refractivity contribution >= 4 is 39.0 Å². The number of carbonyl (C=O) groups is 2. The van der Waals surface area contributed by atoms with Crippen molar-refractivity contribution in [2.24, 2.45) is 7.05 Å². The zero-order valence-electron chi connectivity index (χ0n) is 13.4. The average Bonchev–Trinajstić information content (AvgIpc) is 3.05. The second-order valence-electron chi connectivity index (χ2n) is 5.54. The third kappa shape index (κ3) is 3.15. The van der Waals surface area contributed by atoms with Crippen LogP contribution in [0.3, 0.4) is 0 Å². The van der Waals surface area contributed by atoms with Crippen LogP contribution < -0.4 is 10.9 Å². The summed E-state index contributed by atoms with van der Waals surface area (Å²) < 4.78 is 6.97.